The minimum atomic E-state index is -5.29. The summed E-state index contributed by atoms with van der Waals surface area (Å²) >= 11 is 0. The number of alkyl halides is 3. The van der Waals surface area contributed by atoms with E-state index < -0.39 is 43.9 Å². The number of carbonyl (C=O) groups excluding carboxylic acids is 1. The van der Waals surface area contributed by atoms with Gasteiger partial charge in [0, 0.05) is 5.69 Å². The number of anilines is 2. The predicted molar refractivity (Wildman–Crippen MR) is 88.0 cm³/mol. The third-order valence-electron chi connectivity index (χ3n) is 3.68. The maximum absolute atomic E-state index is 14.1. The van der Waals surface area contributed by atoms with Gasteiger partial charge in [0.25, 0.3) is 5.91 Å². The molecule has 0 aliphatic heterocycles. The maximum Gasteiger partial charge on any atom is 0.426 e. The molecule has 0 saturated carbocycles. The largest absolute Gasteiger partial charge is 0.426 e. The third-order valence-corrected chi connectivity index (χ3v) is 5.45. The number of nitrogens with two attached hydrogens (primary N) is 1. The van der Waals surface area contributed by atoms with Gasteiger partial charge in [0.2, 0.25) is 15.4 Å². The molecule has 2 rings (SSSR count). The van der Waals surface area contributed by atoms with Crippen molar-refractivity contribution >= 4 is 27.1 Å². The van der Waals surface area contributed by atoms with Gasteiger partial charge in [-0.15, -0.1) is 0 Å². The Morgan fingerprint density at radius 3 is 2.07 bits per heavy atom. The van der Waals surface area contributed by atoms with E-state index in [-0.39, 0.29) is 11.8 Å². The van der Waals surface area contributed by atoms with E-state index in [0.717, 1.165) is 12.1 Å². The van der Waals surface area contributed by atoms with Crippen molar-refractivity contribution in [2.75, 3.05) is 11.1 Å². The van der Waals surface area contributed by atoms with Gasteiger partial charge >= 0.3 is 6.18 Å². The molecule has 0 bridgehead atoms. The SMILES string of the molecule is CC(O)(C(=O)Nc1ccc(S(=O)(=O)c2ccc(N)cc2)cc1F)C(F)(F)F. The fraction of sp³-hybridized carbons (Fsp3) is 0.188. The first-order valence-electron chi connectivity index (χ1n) is 7.27. The summed E-state index contributed by atoms with van der Waals surface area (Å²) in [6.07, 6.45) is -5.29. The highest BCUT2D eigenvalue weighted by Gasteiger charge is 2.55. The molecule has 4 N–H and O–H groups in total. The normalized spacial score (nSPS) is 14.4. The molecule has 6 nitrogen and oxygen atoms in total. The molecule has 0 aliphatic rings. The van der Waals surface area contributed by atoms with Crippen molar-refractivity contribution in [2.24, 2.45) is 0 Å². The number of rotatable bonds is 4. The summed E-state index contributed by atoms with van der Waals surface area (Å²) in [5, 5.41) is 10.8. The van der Waals surface area contributed by atoms with Crippen LogP contribution in [-0.4, -0.2) is 31.2 Å². The summed E-state index contributed by atoms with van der Waals surface area (Å²) in [6.45, 7) is 0.209. The molecule has 0 spiro atoms. The third kappa shape index (κ3) is 4.03. The van der Waals surface area contributed by atoms with Crippen molar-refractivity contribution < 1.29 is 35.9 Å². The lowest BCUT2D eigenvalue weighted by Gasteiger charge is -2.25. The quantitative estimate of drug-likeness (QED) is 0.534. The lowest BCUT2D eigenvalue weighted by Crippen LogP contribution is -2.52. The first-order chi connectivity index (χ1) is 12.3. The van der Waals surface area contributed by atoms with Crippen molar-refractivity contribution in [3.05, 3.63) is 48.3 Å². The molecule has 146 valence electrons. The molecule has 0 fully saturated rings. The van der Waals surface area contributed by atoms with Crippen LogP contribution in [0, 0.1) is 5.82 Å². The van der Waals surface area contributed by atoms with Gasteiger partial charge in [0.15, 0.2) is 0 Å². The zero-order chi connectivity index (χ0) is 20.6. The molecule has 1 amide bonds. The average molecular weight is 406 g/mol. The van der Waals surface area contributed by atoms with Gasteiger partial charge < -0.3 is 16.2 Å². The fourth-order valence-corrected chi connectivity index (χ4v) is 3.19. The van der Waals surface area contributed by atoms with Crippen LogP contribution in [0.5, 0.6) is 0 Å². The minimum Gasteiger partial charge on any atom is -0.399 e. The van der Waals surface area contributed by atoms with E-state index in [1.807, 2.05) is 0 Å². The lowest BCUT2D eigenvalue weighted by atomic mass is 10.1. The molecule has 11 heteroatoms. The summed E-state index contributed by atoms with van der Waals surface area (Å²) < 4.78 is 76.9. The van der Waals surface area contributed by atoms with Gasteiger partial charge in [-0.05, 0) is 49.4 Å². The van der Waals surface area contributed by atoms with E-state index in [4.69, 9.17) is 5.73 Å². The smallest absolute Gasteiger partial charge is 0.399 e. The average Bonchev–Trinajstić information content (AvgIpc) is 2.55. The highest BCUT2D eigenvalue weighted by atomic mass is 32.2. The minimum absolute atomic E-state index is 0.173. The number of hydrogen-bond donors (Lipinski definition) is 3. The topological polar surface area (TPSA) is 109 Å². The van der Waals surface area contributed by atoms with Crippen LogP contribution in [0.2, 0.25) is 0 Å². The second kappa shape index (κ2) is 6.82. The Balaban J connectivity index is 2.33. The zero-order valence-electron chi connectivity index (χ0n) is 13.7. The molecule has 2 aromatic rings. The molecule has 0 aliphatic carbocycles. The second-order valence-corrected chi connectivity index (χ2v) is 7.69. The zero-order valence-corrected chi connectivity index (χ0v) is 14.5. The molecular weight excluding hydrogens is 392 g/mol. The standard InChI is InChI=1S/C16H14F4N2O4S/c1-15(24,16(18,19)20)14(23)22-13-7-6-11(8-12(13)17)27(25,26)10-4-2-9(21)3-5-10/h2-8,24H,21H2,1H3,(H,22,23). The Hall–Kier alpha value is -2.66. The van der Waals surface area contributed by atoms with E-state index in [0.29, 0.717) is 11.8 Å². The van der Waals surface area contributed by atoms with Crippen LogP contribution in [0.3, 0.4) is 0 Å². The van der Waals surface area contributed by atoms with Crippen molar-refractivity contribution in [1.29, 1.82) is 0 Å². The van der Waals surface area contributed by atoms with Crippen LogP contribution in [0.4, 0.5) is 28.9 Å². The summed E-state index contributed by atoms with van der Waals surface area (Å²) in [6, 6.07) is 7.31. The van der Waals surface area contributed by atoms with Gasteiger partial charge in [0.05, 0.1) is 15.5 Å². The predicted octanol–water partition coefficient (Wildman–Crippen LogP) is 2.49. The van der Waals surface area contributed by atoms with E-state index in [1.54, 1.807) is 5.32 Å². The molecule has 1 unspecified atom stereocenters. The maximum atomic E-state index is 14.1. The first kappa shape index (κ1) is 20.6. The highest BCUT2D eigenvalue weighted by Crippen LogP contribution is 2.32. The van der Waals surface area contributed by atoms with Crippen LogP contribution in [0.1, 0.15) is 6.92 Å². The molecule has 2 aromatic carbocycles. The second-order valence-electron chi connectivity index (χ2n) is 5.74. The van der Waals surface area contributed by atoms with Gasteiger partial charge in [-0.25, -0.2) is 12.8 Å². The number of halogens is 4. The van der Waals surface area contributed by atoms with Gasteiger partial charge in [-0.2, -0.15) is 13.2 Å². The Kier molecular flexibility index (Phi) is 5.21. The Labute approximate surface area is 151 Å². The molecule has 0 saturated heterocycles. The van der Waals surface area contributed by atoms with E-state index in [9.17, 15) is 35.9 Å². The van der Waals surface area contributed by atoms with Crippen LogP contribution in [0.15, 0.2) is 52.3 Å². The van der Waals surface area contributed by atoms with Crippen LogP contribution in [-0.2, 0) is 14.6 Å². The molecule has 0 aromatic heterocycles. The summed E-state index contributed by atoms with van der Waals surface area (Å²) in [5.74, 6) is -3.21. The molecule has 1 atom stereocenters. The monoisotopic (exact) mass is 406 g/mol. The lowest BCUT2D eigenvalue weighted by molar-refractivity contribution is -0.242. The first-order valence-corrected chi connectivity index (χ1v) is 8.76. The number of hydrogen-bond acceptors (Lipinski definition) is 5. The fourth-order valence-electron chi connectivity index (χ4n) is 1.92. The number of nitrogen functional groups attached to an aromatic ring is 1. The van der Waals surface area contributed by atoms with Crippen LogP contribution >= 0.6 is 0 Å². The van der Waals surface area contributed by atoms with E-state index in [1.165, 1.54) is 24.3 Å². The summed E-state index contributed by atoms with van der Waals surface area (Å²) in [4.78, 5) is 10.9. The number of nitrogens with one attached hydrogen (secondary N) is 1. The van der Waals surface area contributed by atoms with Crippen molar-refractivity contribution in [3.63, 3.8) is 0 Å². The van der Waals surface area contributed by atoms with Crippen molar-refractivity contribution in [1.82, 2.24) is 0 Å². The molecule has 0 radical (unpaired) electrons. The van der Waals surface area contributed by atoms with Crippen LogP contribution in [0.25, 0.3) is 0 Å². The summed E-state index contributed by atoms with van der Waals surface area (Å²) in [5.41, 5.74) is 1.31. The number of amides is 1. The number of carbonyl (C=O) groups is 1. The van der Waals surface area contributed by atoms with Crippen molar-refractivity contribution in [3.8, 4) is 0 Å². The molecule has 0 heterocycles. The van der Waals surface area contributed by atoms with Gasteiger partial charge in [-0.1, -0.05) is 0 Å². The van der Waals surface area contributed by atoms with E-state index in [2.05, 4.69) is 0 Å². The van der Waals surface area contributed by atoms with Gasteiger partial charge in [0.1, 0.15) is 5.82 Å². The van der Waals surface area contributed by atoms with Crippen LogP contribution < -0.4 is 11.1 Å². The number of sulfone groups is 1. The highest BCUT2D eigenvalue weighted by molar-refractivity contribution is 7.91. The molecular formula is C16H14F4N2O4S. The van der Waals surface area contributed by atoms with E-state index >= 15 is 0 Å². The Morgan fingerprint density at radius 2 is 1.59 bits per heavy atom. The number of aliphatic hydroxyl groups is 1. The van der Waals surface area contributed by atoms with Crippen molar-refractivity contribution in [2.45, 2.75) is 28.5 Å². The summed E-state index contributed by atoms with van der Waals surface area (Å²) in [7, 11) is -4.11. The Morgan fingerprint density at radius 1 is 1.07 bits per heavy atom. The molecule has 27 heavy (non-hydrogen) atoms. The number of benzene rings is 2. The Bertz CT molecular complexity index is 971. The van der Waals surface area contributed by atoms with Gasteiger partial charge in [-0.3, -0.25) is 4.79 Å².